The minimum absolute atomic E-state index is 0.431. The fourth-order valence-electron chi connectivity index (χ4n) is 2.23. The molecule has 25 heavy (non-hydrogen) atoms. The molecule has 3 rings (SSSR count). The molecule has 2 aromatic carbocycles. The summed E-state index contributed by atoms with van der Waals surface area (Å²) in [6, 6.07) is 17.9. The average Bonchev–Trinajstić information content (AvgIpc) is 3.06. The second kappa shape index (κ2) is 7.16. The fraction of sp³-hybridized carbons (Fsp3) is 0.105. The van der Waals surface area contributed by atoms with E-state index in [4.69, 9.17) is 10.00 Å². The number of benzene rings is 2. The predicted molar refractivity (Wildman–Crippen MR) is 96.5 cm³/mol. The Morgan fingerprint density at radius 1 is 1.16 bits per heavy atom. The number of ether oxygens (including phenoxy) is 1. The Morgan fingerprint density at radius 3 is 2.56 bits per heavy atom. The highest BCUT2D eigenvalue weighted by Gasteiger charge is 2.20. The van der Waals surface area contributed by atoms with Gasteiger partial charge in [0.15, 0.2) is 6.10 Å². The lowest BCUT2D eigenvalue weighted by molar-refractivity contribution is -0.123. The van der Waals surface area contributed by atoms with E-state index in [1.807, 2.05) is 30.3 Å². The van der Waals surface area contributed by atoms with Gasteiger partial charge < -0.3 is 10.1 Å². The first-order chi connectivity index (χ1) is 12.1. The highest BCUT2D eigenvalue weighted by molar-refractivity contribution is 7.20. The normalized spacial score (nSPS) is 11.5. The monoisotopic (exact) mass is 350 g/mol. The Morgan fingerprint density at radius 2 is 1.88 bits per heavy atom. The van der Waals surface area contributed by atoms with Crippen LogP contribution in [-0.4, -0.2) is 18.0 Å². The number of hydrogen-bond donors (Lipinski definition) is 1. The molecule has 3 aromatic rings. The van der Waals surface area contributed by atoms with Crippen LogP contribution in [0.4, 0.5) is 5.69 Å². The second-order valence-corrected chi connectivity index (χ2v) is 6.46. The van der Waals surface area contributed by atoms with Crippen LogP contribution in [0, 0.1) is 11.3 Å². The molecular weight excluding hydrogens is 336 g/mol. The topological polar surface area (TPSA) is 79.2 Å². The van der Waals surface area contributed by atoms with Gasteiger partial charge in [0, 0.05) is 10.4 Å². The number of thiophene rings is 1. The summed E-state index contributed by atoms with van der Waals surface area (Å²) in [5, 5.41) is 12.4. The van der Waals surface area contributed by atoms with Crippen molar-refractivity contribution in [3.63, 3.8) is 0 Å². The molecule has 1 aromatic heterocycles. The molecule has 0 saturated heterocycles. The van der Waals surface area contributed by atoms with E-state index in [2.05, 4.69) is 5.32 Å². The van der Waals surface area contributed by atoms with Gasteiger partial charge in [-0.2, -0.15) is 5.26 Å². The lowest BCUT2D eigenvalue weighted by Crippen LogP contribution is -2.29. The van der Waals surface area contributed by atoms with Gasteiger partial charge in [-0.05, 0) is 48.7 Å². The summed E-state index contributed by atoms with van der Waals surface area (Å²) in [4.78, 5) is 24.9. The van der Waals surface area contributed by atoms with Crippen molar-refractivity contribution in [2.45, 2.75) is 13.0 Å². The molecule has 0 unspecified atom stereocenters. The maximum Gasteiger partial charge on any atom is 0.349 e. The highest BCUT2D eigenvalue weighted by atomic mass is 32.1. The van der Waals surface area contributed by atoms with Gasteiger partial charge >= 0.3 is 5.97 Å². The van der Waals surface area contributed by atoms with Gasteiger partial charge in [-0.15, -0.1) is 11.3 Å². The van der Waals surface area contributed by atoms with Crippen molar-refractivity contribution < 1.29 is 14.3 Å². The third-order valence-electron chi connectivity index (χ3n) is 3.56. The SMILES string of the molecule is C[C@@H](OC(=O)c1cc2ccccc2s1)C(=O)Nc1ccc(C#N)cc1. The van der Waals surface area contributed by atoms with E-state index < -0.39 is 18.0 Å². The molecular formula is C19H14N2O3S. The molecule has 6 heteroatoms. The average molecular weight is 350 g/mol. The van der Waals surface area contributed by atoms with E-state index >= 15 is 0 Å². The Labute approximate surface area is 148 Å². The van der Waals surface area contributed by atoms with Crippen molar-refractivity contribution in [3.05, 3.63) is 65.0 Å². The highest BCUT2D eigenvalue weighted by Crippen LogP contribution is 2.26. The number of carbonyl (C=O) groups excluding carboxylic acids is 2. The molecule has 5 nitrogen and oxygen atoms in total. The summed E-state index contributed by atoms with van der Waals surface area (Å²) in [5.74, 6) is -0.956. The fourth-order valence-corrected chi connectivity index (χ4v) is 3.17. The molecule has 1 heterocycles. The molecule has 0 fully saturated rings. The third kappa shape index (κ3) is 3.84. The molecule has 0 aliphatic heterocycles. The largest absolute Gasteiger partial charge is 0.448 e. The number of esters is 1. The lowest BCUT2D eigenvalue weighted by atomic mass is 10.2. The third-order valence-corrected chi connectivity index (χ3v) is 4.66. The Bertz CT molecular complexity index is 937. The van der Waals surface area contributed by atoms with Gasteiger partial charge in [0.1, 0.15) is 4.88 Å². The summed E-state index contributed by atoms with van der Waals surface area (Å²) in [5.41, 5.74) is 1.04. The standard InChI is InChI=1S/C19H14N2O3S/c1-12(18(22)21-15-8-6-13(11-20)7-9-15)24-19(23)17-10-14-4-2-3-5-16(14)25-17/h2-10,12H,1H3,(H,21,22)/t12-/m1/s1. The summed E-state index contributed by atoms with van der Waals surface area (Å²) in [6.07, 6.45) is -0.937. The van der Waals surface area contributed by atoms with E-state index in [-0.39, 0.29) is 0 Å². The van der Waals surface area contributed by atoms with Crippen molar-refractivity contribution in [2.24, 2.45) is 0 Å². The zero-order chi connectivity index (χ0) is 17.8. The minimum Gasteiger partial charge on any atom is -0.448 e. The van der Waals surface area contributed by atoms with E-state index in [1.165, 1.54) is 18.3 Å². The van der Waals surface area contributed by atoms with Crippen molar-refractivity contribution in [1.29, 1.82) is 5.26 Å². The van der Waals surface area contributed by atoms with E-state index in [0.29, 0.717) is 16.1 Å². The van der Waals surface area contributed by atoms with E-state index in [9.17, 15) is 9.59 Å². The molecule has 0 spiro atoms. The van der Waals surface area contributed by atoms with E-state index in [0.717, 1.165) is 10.1 Å². The van der Waals surface area contributed by atoms with Crippen LogP contribution in [0.25, 0.3) is 10.1 Å². The lowest BCUT2D eigenvalue weighted by Gasteiger charge is -2.13. The molecule has 1 atom stereocenters. The number of anilines is 1. The van der Waals surface area contributed by atoms with Crippen molar-refractivity contribution in [2.75, 3.05) is 5.32 Å². The van der Waals surface area contributed by atoms with Gasteiger partial charge in [-0.25, -0.2) is 4.79 Å². The van der Waals surface area contributed by atoms with Gasteiger partial charge in [0.25, 0.3) is 5.91 Å². The van der Waals surface area contributed by atoms with Crippen LogP contribution < -0.4 is 5.32 Å². The Kier molecular flexibility index (Phi) is 4.78. The number of amides is 1. The summed E-state index contributed by atoms with van der Waals surface area (Å²) in [7, 11) is 0. The maximum atomic E-state index is 12.2. The van der Waals surface area contributed by atoms with E-state index in [1.54, 1.807) is 30.3 Å². The van der Waals surface area contributed by atoms with Crippen LogP contribution in [0.3, 0.4) is 0 Å². The van der Waals surface area contributed by atoms with Gasteiger partial charge in [0.2, 0.25) is 0 Å². The van der Waals surface area contributed by atoms with Crippen molar-refractivity contribution in [1.82, 2.24) is 0 Å². The number of hydrogen-bond acceptors (Lipinski definition) is 5. The van der Waals surface area contributed by atoms with Crippen LogP contribution in [0.5, 0.6) is 0 Å². The number of carbonyl (C=O) groups is 2. The van der Waals surface area contributed by atoms with Crippen LogP contribution in [0.2, 0.25) is 0 Å². The predicted octanol–water partition coefficient (Wildman–Crippen LogP) is 3.96. The number of nitrogens with zero attached hydrogens (tertiary/aromatic N) is 1. The maximum absolute atomic E-state index is 12.2. The van der Waals surface area contributed by atoms with Gasteiger partial charge in [0.05, 0.1) is 11.6 Å². The van der Waals surface area contributed by atoms with Crippen LogP contribution >= 0.6 is 11.3 Å². The summed E-state index contributed by atoms with van der Waals surface area (Å²) >= 11 is 1.33. The smallest absolute Gasteiger partial charge is 0.349 e. The Hall–Kier alpha value is -3.17. The molecule has 0 saturated carbocycles. The molecule has 124 valence electrons. The molecule has 0 bridgehead atoms. The van der Waals surface area contributed by atoms with Crippen molar-refractivity contribution in [3.8, 4) is 6.07 Å². The first kappa shape index (κ1) is 16.7. The number of nitriles is 1. The second-order valence-electron chi connectivity index (χ2n) is 5.37. The quantitative estimate of drug-likeness (QED) is 0.723. The number of rotatable bonds is 4. The van der Waals surface area contributed by atoms with Gasteiger partial charge in [-0.3, -0.25) is 4.79 Å². The van der Waals surface area contributed by atoms with Crippen molar-refractivity contribution >= 4 is 39.0 Å². The molecule has 0 radical (unpaired) electrons. The zero-order valence-corrected chi connectivity index (χ0v) is 14.2. The first-order valence-electron chi connectivity index (χ1n) is 7.57. The summed E-state index contributed by atoms with van der Waals surface area (Å²) < 4.78 is 6.24. The van der Waals surface area contributed by atoms with Crippen LogP contribution in [0.1, 0.15) is 22.2 Å². The molecule has 0 aliphatic carbocycles. The molecule has 1 N–H and O–H groups in total. The minimum atomic E-state index is -0.937. The van der Waals surface area contributed by atoms with Crippen LogP contribution in [-0.2, 0) is 9.53 Å². The first-order valence-corrected chi connectivity index (χ1v) is 8.39. The van der Waals surface area contributed by atoms with Crippen LogP contribution in [0.15, 0.2) is 54.6 Å². The molecule has 1 amide bonds. The zero-order valence-electron chi connectivity index (χ0n) is 13.4. The van der Waals surface area contributed by atoms with Gasteiger partial charge in [-0.1, -0.05) is 18.2 Å². The Balaban J connectivity index is 1.63. The number of fused-ring (bicyclic) bond motifs is 1. The molecule has 0 aliphatic rings. The summed E-state index contributed by atoms with van der Waals surface area (Å²) in [6.45, 7) is 1.52. The number of nitrogens with one attached hydrogen (secondary N) is 1.